The summed E-state index contributed by atoms with van der Waals surface area (Å²) in [6.45, 7) is 5.97. The van der Waals surface area contributed by atoms with E-state index in [2.05, 4.69) is 0 Å². The fourth-order valence-electron chi connectivity index (χ4n) is 0.716. The van der Waals surface area contributed by atoms with E-state index in [0.29, 0.717) is 5.92 Å². The van der Waals surface area contributed by atoms with Gasteiger partial charge in [-0.15, -0.1) is 0 Å². The van der Waals surface area contributed by atoms with Gasteiger partial charge in [-0.05, 0) is 12.3 Å². The van der Waals surface area contributed by atoms with Crippen LogP contribution in [0, 0.1) is 5.92 Å². The second-order valence-electron chi connectivity index (χ2n) is 2.80. The summed E-state index contributed by atoms with van der Waals surface area (Å²) >= 11 is 0. The van der Waals surface area contributed by atoms with Crippen molar-refractivity contribution in [3.63, 3.8) is 0 Å². The molecule has 56 valence electrons. The third-order valence-electron chi connectivity index (χ3n) is 1.63. The van der Waals surface area contributed by atoms with Crippen LogP contribution >= 0.6 is 0 Å². The molecule has 0 aromatic heterocycles. The molecule has 0 aliphatic heterocycles. The summed E-state index contributed by atoms with van der Waals surface area (Å²) in [6.07, 6.45) is 0.421. The molecule has 0 amide bonds. The van der Waals surface area contributed by atoms with Crippen molar-refractivity contribution in [1.29, 1.82) is 0 Å². The van der Waals surface area contributed by atoms with E-state index in [1.165, 1.54) is 0 Å². The lowest BCUT2D eigenvalue weighted by atomic mass is 9.98. The van der Waals surface area contributed by atoms with E-state index in [1.54, 1.807) is 0 Å². The molecule has 0 saturated carbocycles. The number of nitrogens with two attached hydrogens (primary N) is 1. The zero-order valence-corrected chi connectivity index (χ0v) is 6.46. The van der Waals surface area contributed by atoms with Gasteiger partial charge in [0.1, 0.15) is 0 Å². The van der Waals surface area contributed by atoms with Crippen LogP contribution in [0.3, 0.4) is 0 Å². The van der Waals surface area contributed by atoms with Crippen LogP contribution in [0.2, 0.25) is 0 Å². The van der Waals surface area contributed by atoms with E-state index >= 15 is 0 Å². The molecule has 0 saturated heterocycles. The van der Waals surface area contributed by atoms with Gasteiger partial charge in [0.2, 0.25) is 0 Å². The van der Waals surface area contributed by atoms with Crippen molar-refractivity contribution in [1.82, 2.24) is 0 Å². The Balaban J connectivity index is 3.58. The average molecular weight is 131 g/mol. The van der Waals surface area contributed by atoms with Crippen LogP contribution in [-0.4, -0.2) is 17.3 Å². The normalized spacial score (nSPS) is 18.0. The van der Waals surface area contributed by atoms with Crippen LogP contribution in [-0.2, 0) is 0 Å². The lowest BCUT2D eigenvalue weighted by molar-refractivity contribution is 0.121. The highest BCUT2D eigenvalue weighted by molar-refractivity contribution is 4.72. The molecule has 0 aromatic carbocycles. The molecule has 3 N–H and O–H groups in total. The number of hydrogen-bond acceptors (Lipinski definition) is 2. The first kappa shape index (κ1) is 8.92. The third kappa shape index (κ3) is 2.82. The van der Waals surface area contributed by atoms with Crippen LogP contribution in [0.25, 0.3) is 0 Å². The van der Waals surface area contributed by atoms with Crippen molar-refractivity contribution in [2.75, 3.05) is 0 Å². The van der Waals surface area contributed by atoms with Crippen molar-refractivity contribution in [3.05, 3.63) is 0 Å². The van der Waals surface area contributed by atoms with Crippen LogP contribution in [0.1, 0.15) is 27.2 Å². The van der Waals surface area contributed by atoms with Gasteiger partial charge in [0.25, 0.3) is 0 Å². The molecule has 0 aliphatic carbocycles. The largest absolute Gasteiger partial charge is 0.392 e. The van der Waals surface area contributed by atoms with E-state index in [-0.39, 0.29) is 12.1 Å². The Hall–Kier alpha value is -0.0800. The van der Waals surface area contributed by atoms with Crippen LogP contribution in [0.4, 0.5) is 0 Å². The lowest BCUT2D eigenvalue weighted by Gasteiger charge is -2.20. The van der Waals surface area contributed by atoms with Gasteiger partial charge in [-0.1, -0.05) is 20.8 Å². The minimum atomic E-state index is -0.329. The Morgan fingerprint density at radius 3 is 2.00 bits per heavy atom. The molecular formula is C7H17NO. The molecule has 0 fully saturated rings. The summed E-state index contributed by atoms with van der Waals surface area (Å²) in [5.41, 5.74) is 5.62. The Morgan fingerprint density at radius 1 is 1.44 bits per heavy atom. The zero-order chi connectivity index (χ0) is 7.44. The Morgan fingerprint density at radius 2 is 1.89 bits per heavy atom. The molecule has 0 radical (unpaired) electrons. The first-order chi connectivity index (χ1) is 4.09. The highest BCUT2D eigenvalue weighted by Crippen LogP contribution is 2.05. The maximum absolute atomic E-state index is 9.17. The molecule has 0 aromatic rings. The van der Waals surface area contributed by atoms with E-state index in [9.17, 15) is 5.11 Å². The van der Waals surface area contributed by atoms with Crippen molar-refractivity contribution in [3.8, 4) is 0 Å². The molecule has 0 heterocycles. The topological polar surface area (TPSA) is 46.2 Å². The predicted molar refractivity (Wildman–Crippen MR) is 39.1 cm³/mol. The minimum Gasteiger partial charge on any atom is -0.392 e. The first-order valence-corrected chi connectivity index (χ1v) is 3.53. The summed E-state index contributed by atoms with van der Waals surface area (Å²) in [4.78, 5) is 0. The maximum Gasteiger partial charge on any atom is 0.0690 e. The summed E-state index contributed by atoms with van der Waals surface area (Å²) in [5.74, 6) is 0.375. The quantitative estimate of drug-likeness (QED) is 0.593. The second-order valence-corrected chi connectivity index (χ2v) is 2.80. The molecule has 1 unspecified atom stereocenters. The highest BCUT2D eigenvalue weighted by atomic mass is 16.3. The van der Waals surface area contributed by atoms with E-state index in [1.807, 2.05) is 20.8 Å². The molecule has 0 rings (SSSR count). The molecule has 2 nitrogen and oxygen atoms in total. The van der Waals surface area contributed by atoms with Crippen molar-refractivity contribution in [2.24, 2.45) is 11.7 Å². The van der Waals surface area contributed by atoms with Gasteiger partial charge in [-0.25, -0.2) is 0 Å². The van der Waals surface area contributed by atoms with E-state index in [0.717, 1.165) is 6.42 Å². The summed E-state index contributed by atoms with van der Waals surface area (Å²) in [7, 11) is 0. The molecule has 0 bridgehead atoms. The predicted octanol–water partition coefficient (Wildman–Crippen LogP) is 0.741. The highest BCUT2D eigenvalue weighted by Gasteiger charge is 2.15. The average Bonchev–Trinajstić information content (AvgIpc) is 1.84. The maximum atomic E-state index is 9.17. The molecule has 0 aliphatic rings. The SMILES string of the molecule is CCC(O)[C@H](N)C(C)C. The van der Waals surface area contributed by atoms with Gasteiger partial charge in [0.15, 0.2) is 0 Å². The smallest absolute Gasteiger partial charge is 0.0690 e. The summed E-state index contributed by atoms with van der Waals surface area (Å²) in [6, 6.07) is -0.0602. The van der Waals surface area contributed by atoms with Crippen LogP contribution in [0.5, 0.6) is 0 Å². The van der Waals surface area contributed by atoms with Gasteiger partial charge in [0.05, 0.1) is 6.10 Å². The molecule has 2 atom stereocenters. The monoisotopic (exact) mass is 131 g/mol. The zero-order valence-electron chi connectivity index (χ0n) is 6.46. The number of aliphatic hydroxyl groups is 1. The van der Waals surface area contributed by atoms with Crippen molar-refractivity contribution in [2.45, 2.75) is 39.3 Å². The van der Waals surface area contributed by atoms with Crippen molar-refractivity contribution >= 4 is 0 Å². The molecule has 9 heavy (non-hydrogen) atoms. The van der Waals surface area contributed by atoms with Gasteiger partial charge >= 0.3 is 0 Å². The van der Waals surface area contributed by atoms with Crippen LogP contribution < -0.4 is 5.73 Å². The van der Waals surface area contributed by atoms with E-state index < -0.39 is 0 Å². The van der Waals surface area contributed by atoms with Gasteiger partial charge in [-0.2, -0.15) is 0 Å². The third-order valence-corrected chi connectivity index (χ3v) is 1.63. The Bertz CT molecular complexity index is 73.3. The summed E-state index contributed by atoms with van der Waals surface area (Å²) in [5, 5.41) is 9.17. The minimum absolute atomic E-state index is 0.0602. The standard InChI is InChI=1S/C7H17NO/c1-4-6(9)7(8)5(2)3/h5-7,9H,4,8H2,1-3H3/t6?,7-/m1/s1. The van der Waals surface area contributed by atoms with E-state index in [4.69, 9.17) is 5.73 Å². The number of hydrogen-bond donors (Lipinski definition) is 2. The summed E-state index contributed by atoms with van der Waals surface area (Å²) < 4.78 is 0. The number of rotatable bonds is 3. The Labute approximate surface area is 57.1 Å². The molecule has 2 heteroatoms. The van der Waals surface area contributed by atoms with Gasteiger partial charge < -0.3 is 10.8 Å². The fraction of sp³-hybridized carbons (Fsp3) is 1.00. The van der Waals surface area contributed by atoms with Crippen molar-refractivity contribution < 1.29 is 5.11 Å². The van der Waals surface area contributed by atoms with Crippen LogP contribution in [0.15, 0.2) is 0 Å². The Kier molecular flexibility index (Phi) is 3.82. The lowest BCUT2D eigenvalue weighted by Crippen LogP contribution is -2.38. The second kappa shape index (κ2) is 3.85. The number of aliphatic hydroxyl groups excluding tert-OH is 1. The van der Waals surface area contributed by atoms with Gasteiger partial charge in [0, 0.05) is 6.04 Å². The molecule has 0 spiro atoms. The fourth-order valence-corrected chi connectivity index (χ4v) is 0.716. The molecular weight excluding hydrogens is 114 g/mol. The first-order valence-electron chi connectivity index (χ1n) is 3.53. The van der Waals surface area contributed by atoms with Gasteiger partial charge in [-0.3, -0.25) is 0 Å².